The smallest absolute Gasteiger partial charge is 0.325 e. The fourth-order valence-corrected chi connectivity index (χ4v) is 4.43. The third-order valence-electron chi connectivity index (χ3n) is 6.13. The van der Waals surface area contributed by atoms with E-state index in [9.17, 15) is 14.4 Å². The van der Waals surface area contributed by atoms with Crippen LogP contribution in [0.4, 0.5) is 4.79 Å². The van der Waals surface area contributed by atoms with E-state index in [-0.39, 0.29) is 18.2 Å². The van der Waals surface area contributed by atoms with Gasteiger partial charge in [0.2, 0.25) is 0 Å². The van der Waals surface area contributed by atoms with Gasteiger partial charge < -0.3 is 9.88 Å². The molecular weight excluding hydrogens is 438 g/mol. The molecule has 2 heterocycles. The van der Waals surface area contributed by atoms with Gasteiger partial charge in [0.1, 0.15) is 6.04 Å². The van der Waals surface area contributed by atoms with Gasteiger partial charge in [-0.05, 0) is 49.9 Å². The first-order valence-corrected chi connectivity index (χ1v) is 11.3. The molecule has 0 bridgehead atoms. The summed E-state index contributed by atoms with van der Waals surface area (Å²) in [7, 11) is 0. The molecule has 0 radical (unpaired) electrons. The molecule has 1 aliphatic heterocycles. The van der Waals surface area contributed by atoms with Gasteiger partial charge in [-0.15, -0.1) is 0 Å². The van der Waals surface area contributed by atoms with Crippen LogP contribution in [0.1, 0.15) is 39.3 Å². The standard InChI is InChI=1S/C26H26ClN3O3/c1-17-14-21(18(2)29(17)15-20-10-6-7-11-22(20)27)24(31)16-30-25(32)23(28-26(30)33)13-12-19-8-4-3-5-9-19/h3-11,14,23H,12-13,15-16H2,1-2H3,(H,28,33)/t23-/m0/s1. The predicted octanol–water partition coefficient (Wildman–Crippen LogP) is 4.54. The molecule has 0 saturated carbocycles. The van der Waals surface area contributed by atoms with Crippen molar-refractivity contribution in [2.24, 2.45) is 0 Å². The van der Waals surface area contributed by atoms with Gasteiger partial charge in [-0.1, -0.05) is 60.1 Å². The summed E-state index contributed by atoms with van der Waals surface area (Å²) in [6, 6.07) is 18.1. The molecular formula is C26H26ClN3O3. The maximum Gasteiger partial charge on any atom is 0.325 e. The lowest BCUT2D eigenvalue weighted by Crippen LogP contribution is -2.36. The highest BCUT2D eigenvalue weighted by Gasteiger charge is 2.39. The molecule has 2 aromatic carbocycles. The number of rotatable bonds is 8. The fourth-order valence-electron chi connectivity index (χ4n) is 4.23. The Bertz CT molecular complexity index is 1200. The highest BCUT2D eigenvalue weighted by molar-refractivity contribution is 6.31. The van der Waals surface area contributed by atoms with Crippen LogP contribution >= 0.6 is 11.6 Å². The van der Waals surface area contributed by atoms with E-state index in [1.54, 1.807) is 6.07 Å². The number of amides is 3. The Balaban J connectivity index is 1.44. The molecule has 6 nitrogen and oxygen atoms in total. The summed E-state index contributed by atoms with van der Waals surface area (Å²) in [6.07, 6.45) is 1.16. The van der Waals surface area contributed by atoms with Crippen molar-refractivity contribution in [2.45, 2.75) is 39.3 Å². The van der Waals surface area contributed by atoms with Crippen LogP contribution in [0, 0.1) is 13.8 Å². The number of aromatic nitrogens is 1. The minimum Gasteiger partial charge on any atom is -0.344 e. The molecule has 33 heavy (non-hydrogen) atoms. The largest absolute Gasteiger partial charge is 0.344 e. The Morgan fingerprint density at radius 1 is 1.03 bits per heavy atom. The van der Waals surface area contributed by atoms with Crippen molar-refractivity contribution in [3.63, 3.8) is 0 Å². The van der Waals surface area contributed by atoms with Crippen molar-refractivity contribution in [3.05, 3.63) is 93.8 Å². The number of nitrogens with one attached hydrogen (secondary N) is 1. The molecule has 1 saturated heterocycles. The van der Waals surface area contributed by atoms with E-state index >= 15 is 0 Å². The van der Waals surface area contributed by atoms with Gasteiger partial charge >= 0.3 is 6.03 Å². The number of urea groups is 1. The highest BCUT2D eigenvalue weighted by Crippen LogP contribution is 2.22. The zero-order chi connectivity index (χ0) is 23.5. The lowest BCUT2D eigenvalue weighted by molar-refractivity contribution is -0.127. The Morgan fingerprint density at radius 2 is 1.73 bits per heavy atom. The third-order valence-corrected chi connectivity index (χ3v) is 6.50. The molecule has 1 atom stereocenters. The van der Waals surface area contributed by atoms with Gasteiger partial charge in [0.25, 0.3) is 5.91 Å². The summed E-state index contributed by atoms with van der Waals surface area (Å²) >= 11 is 6.30. The average molecular weight is 464 g/mol. The predicted molar refractivity (Wildman–Crippen MR) is 128 cm³/mol. The van der Waals surface area contributed by atoms with Crippen molar-refractivity contribution >= 4 is 29.3 Å². The SMILES string of the molecule is Cc1cc(C(=O)CN2C(=O)N[C@@H](CCc3ccccc3)C2=O)c(C)n1Cc1ccccc1Cl. The maximum absolute atomic E-state index is 13.1. The molecule has 1 N–H and O–H groups in total. The monoisotopic (exact) mass is 463 g/mol. The van der Waals surface area contributed by atoms with Crippen LogP contribution in [0.25, 0.3) is 0 Å². The molecule has 3 amide bonds. The van der Waals surface area contributed by atoms with Crippen LogP contribution in [-0.4, -0.2) is 39.8 Å². The van der Waals surface area contributed by atoms with Gasteiger partial charge in [0.15, 0.2) is 5.78 Å². The number of carbonyl (C=O) groups is 3. The van der Waals surface area contributed by atoms with E-state index in [4.69, 9.17) is 11.6 Å². The zero-order valence-corrected chi connectivity index (χ0v) is 19.4. The van der Waals surface area contributed by atoms with Crippen molar-refractivity contribution in [2.75, 3.05) is 6.54 Å². The fraction of sp³-hybridized carbons (Fsp3) is 0.269. The van der Waals surface area contributed by atoms with Crippen LogP contribution in [0.3, 0.4) is 0 Å². The van der Waals surface area contributed by atoms with E-state index < -0.39 is 12.1 Å². The number of aryl methyl sites for hydroxylation is 2. The molecule has 7 heteroatoms. The molecule has 170 valence electrons. The number of nitrogens with zero attached hydrogens (tertiary/aromatic N) is 2. The first-order valence-electron chi connectivity index (χ1n) is 10.9. The molecule has 0 spiro atoms. The summed E-state index contributed by atoms with van der Waals surface area (Å²) in [6.45, 7) is 4.05. The number of hydrogen-bond acceptors (Lipinski definition) is 3. The van der Waals surface area contributed by atoms with Crippen molar-refractivity contribution in [1.29, 1.82) is 0 Å². The van der Waals surface area contributed by atoms with Crippen LogP contribution < -0.4 is 5.32 Å². The number of hydrogen-bond donors (Lipinski definition) is 1. The number of ketones is 1. The quantitative estimate of drug-likeness (QED) is 0.393. The Hall–Kier alpha value is -3.38. The van der Waals surface area contributed by atoms with E-state index in [2.05, 4.69) is 5.32 Å². The number of benzene rings is 2. The normalized spacial score (nSPS) is 15.7. The lowest BCUT2D eigenvalue weighted by atomic mass is 10.1. The van der Waals surface area contributed by atoms with E-state index in [0.29, 0.717) is 30.0 Å². The van der Waals surface area contributed by atoms with E-state index in [1.165, 1.54) is 0 Å². The minimum atomic E-state index is -0.613. The Kier molecular flexibility index (Phi) is 6.65. The molecule has 1 fully saturated rings. The minimum absolute atomic E-state index is 0.263. The topological polar surface area (TPSA) is 71.4 Å². The van der Waals surface area contributed by atoms with Gasteiger partial charge in [0.05, 0.1) is 6.54 Å². The molecule has 1 aliphatic rings. The summed E-state index contributed by atoms with van der Waals surface area (Å²) in [5.41, 5.74) is 4.25. The number of halogens is 1. The Labute approximate surface area is 198 Å². The molecule has 1 aromatic heterocycles. The number of Topliss-reactive ketones (excluding diaryl/α,β-unsaturated/α-hetero) is 1. The first kappa shape index (κ1) is 22.8. The summed E-state index contributed by atoms with van der Waals surface area (Å²) < 4.78 is 2.02. The third kappa shape index (κ3) is 4.86. The van der Waals surface area contributed by atoms with Gasteiger partial charge in [-0.25, -0.2) is 4.79 Å². The average Bonchev–Trinajstić information content (AvgIpc) is 3.24. The Morgan fingerprint density at radius 3 is 2.45 bits per heavy atom. The second kappa shape index (κ2) is 9.63. The molecule has 3 aromatic rings. The van der Waals surface area contributed by atoms with Crippen LogP contribution in [-0.2, 0) is 17.8 Å². The number of carbonyl (C=O) groups excluding carboxylic acids is 3. The first-order chi connectivity index (χ1) is 15.8. The number of imide groups is 1. The van der Waals surface area contributed by atoms with Gasteiger partial charge in [-0.2, -0.15) is 0 Å². The van der Waals surface area contributed by atoms with Gasteiger partial charge in [0, 0.05) is 28.5 Å². The highest BCUT2D eigenvalue weighted by atomic mass is 35.5. The van der Waals surface area contributed by atoms with Crippen molar-refractivity contribution in [3.8, 4) is 0 Å². The lowest BCUT2D eigenvalue weighted by Gasteiger charge is -2.13. The summed E-state index contributed by atoms with van der Waals surface area (Å²) in [4.78, 5) is 39.3. The summed E-state index contributed by atoms with van der Waals surface area (Å²) in [5, 5.41) is 3.38. The van der Waals surface area contributed by atoms with Gasteiger partial charge in [-0.3, -0.25) is 14.5 Å². The van der Waals surface area contributed by atoms with E-state index in [0.717, 1.165) is 27.4 Å². The van der Waals surface area contributed by atoms with Crippen LogP contribution in [0.15, 0.2) is 60.7 Å². The maximum atomic E-state index is 13.1. The zero-order valence-electron chi connectivity index (χ0n) is 18.7. The second-order valence-corrected chi connectivity index (χ2v) is 8.74. The van der Waals surface area contributed by atoms with Crippen LogP contribution in [0.5, 0.6) is 0 Å². The van der Waals surface area contributed by atoms with Crippen molar-refractivity contribution in [1.82, 2.24) is 14.8 Å². The molecule has 4 rings (SSSR count). The molecule has 0 unspecified atom stereocenters. The molecule has 0 aliphatic carbocycles. The van der Waals surface area contributed by atoms with Crippen molar-refractivity contribution < 1.29 is 14.4 Å². The van der Waals surface area contributed by atoms with E-state index in [1.807, 2.05) is 73.0 Å². The second-order valence-electron chi connectivity index (χ2n) is 8.34. The summed E-state index contributed by atoms with van der Waals surface area (Å²) in [5.74, 6) is -0.616. The van der Waals surface area contributed by atoms with Crippen LogP contribution in [0.2, 0.25) is 5.02 Å².